The number of nitrogens with one attached hydrogen (secondary N) is 1. The van der Waals surface area contributed by atoms with Crippen molar-refractivity contribution in [2.24, 2.45) is 0 Å². The Morgan fingerprint density at radius 1 is 1.67 bits per heavy atom. The summed E-state index contributed by atoms with van der Waals surface area (Å²) in [6.07, 6.45) is 0. The molecule has 1 aromatic rings. The van der Waals surface area contributed by atoms with Crippen molar-refractivity contribution < 1.29 is 9.90 Å². The molecule has 5 nitrogen and oxygen atoms in total. The second-order valence-electron chi connectivity index (χ2n) is 2.19. The Hall–Kier alpha value is -1.78. The van der Waals surface area contributed by atoms with E-state index in [2.05, 4.69) is 10.3 Å². The fourth-order valence-electron chi connectivity index (χ4n) is 0.789. The van der Waals surface area contributed by atoms with Crippen LogP contribution in [0.3, 0.4) is 0 Å². The van der Waals surface area contributed by atoms with Gasteiger partial charge >= 0.3 is 5.97 Å². The monoisotopic (exact) mass is 167 g/mol. The van der Waals surface area contributed by atoms with Gasteiger partial charge in [0.25, 0.3) is 0 Å². The molecule has 0 aliphatic carbocycles. The molecule has 12 heavy (non-hydrogen) atoms. The Balaban J connectivity index is 3.13. The molecule has 0 aliphatic heterocycles. The summed E-state index contributed by atoms with van der Waals surface area (Å²) in [5.41, 5.74) is 5.90. The summed E-state index contributed by atoms with van der Waals surface area (Å²) in [5, 5.41) is 11.3. The minimum Gasteiger partial charge on any atom is -0.477 e. The molecular weight excluding hydrogens is 158 g/mol. The molecule has 0 aromatic carbocycles. The van der Waals surface area contributed by atoms with Gasteiger partial charge in [0.15, 0.2) is 5.69 Å². The maximum absolute atomic E-state index is 10.4. The average Bonchev–Trinajstić information content (AvgIpc) is 2.05. The molecule has 0 spiro atoms. The summed E-state index contributed by atoms with van der Waals surface area (Å²) < 4.78 is 0. The predicted octanol–water partition coefficient (Wildman–Crippen LogP) is 0.404. The van der Waals surface area contributed by atoms with Gasteiger partial charge in [0.05, 0.1) is 5.69 Å². The third kappa shape index (κ3) is 1.45. The van der Waals surface area contributed by atoms with Crippen LogP contribution in [-0.2, 0) is 0 Å². The molecule has 1 aromatic heterocycles. The predicted molar refractivity (Wildman–Crippen MR) is 45.2 cm³/mol. The number of carboxylic acid groups (broad SMARTS) is 1. The molecule has 0 fully saturated rings. The zero-order valence-corrected chi connectivity index (χ0v) is 6.53. The van der Waals surface area contributed by atoms with E-state index in [9.17, 15) is 4.79 Å². The first-order valence-corrected chi connectivity index (χ1v) is 3.32. The Kier molecular flexibility index (Phi) is 2.14. The third-order valence-electron chi connectivity index (χ3n) is 1.38. The molecule has 4 N–H and O–H groups in total. The van der Waals surface area contributed by atoms with Crippen LogP contribution < -0.4 is 11.1 Å². The van der Waals surface area contributed by atoms with Crippen molar-refractivity contribution in [3.8, 4) is 0 Å². The summed E-state index contributed by atoms with van der Waals surface area (Å²) in [6, 6.07) is 2.86. The lowest BCUT2D eigenvalue weighted by molar-refractivity contribution is 0.0690. The molecule has 0 amide bonds. The summed E-state index contributed by atoms with van der Waals surface area (Å²) in [4.78, 5) is 14.2. The van der Waals surface area contributed by atoms with E-state index < -0.39 is 5.97 Å². The van der Waals surface area contributed by atoms with Crippen LogP contribution >= 0.6 is 0 Å². The van der Waals surface area contributed by atoms with Gasteiger partial charge in [-0.2, -0.15) is 0 Å². The summed E-state index contributed by atoms with van der Waals surface area (Å²) >= 11 is 0. The molecule has 64 valence electrons. The van der Waals surface area contributed by atoms with Crippen molar-refractivity contribution in [3.63, 3.8) is 0 Å². The van der Waals surface area contributed by atoms with Crippen molar-refractivity contribution in [2.75, 3.05) is 18.1 Å². The molecule has 0 aliphatic rings. The van der Waals surface area contributed by atoms with E-state index in [1.807, 2.05) is 0 Å². The Morgan fingerprint density at radius 2 is 2.33 bits per heavy atom. The van der Waals surface area contributed by atoms with Gasteiger partial charge in [0.2, 0.25) is 0 Å². The Morgan fingerprint density at radius 3 is 2.83 bits per heavy atom. The second kappa shape index (κ2) is 3.08. The molecule has 0 saturated carbocycles. The highest BCUT2D eigenvalue weighted by Gasteiger charge is 2.06. The van der Waals surface area contributed by atoms with Gasteiger partial charge in [0, 0.05) is 7.05 Å². The summed E-state index contributed by atoms with van der Waals surface area (Å²) in [7, 11) is 1.63. The highest BCUT2D eigenvalue weighted by molar-refractivity contribution is 5.86. The maximum atomic E-state index is 10.4. The molecule has 5 heteroatoms. The lowest BCUT2D eigenvalue weighted by Gasteiger charge is -2.03. The first kappa shape index (κ1) is 8.32. The van der Waals surface area contributed by atoms with E-state index in [4.69, 9.17) is 10.8 Å². The van der Waals surface area contributed by atoms with Gasteiger partial charge in [-0.15, -0.1) is 0 Å². The second-order valence-corrected chi connectivity index (χ2v) is 2.19. The molecule has 0 unspecified atom stereocenters. The number of rotatable bonds is 2. The molecule has 0 bridgehead atoms. The largest absolute Gasteiger partial charge is 0.477 e. The number of pyridine rings is 1. The van der Waals surface area contributed by atoms with Crippen LogP contribution in [-0.4, -0.2) is 23.1 Å². The van der Waals surface area contributed by atoms with Gasteiger partial charge in [-0.25, -0.2) is 9.78 Å². The van der Waals surface area contributed by atoms with Crippen LogP contribution in [0.5, 0.6) is 0 Å². The Bertz CT molecular complexity index is 312. The number of hydrogen-bond acceptors (Lipinski definition) is 4. The number of nitrogens with two attached hydrogens (primary N) is 1. The van der Waals surface area contributed by atoms with Gasteiger partial charge in [-0.1, -0.05) is 0 Å². The molecule has 1 rings (SSSR count). The number of carboxylic acids is 1. The van der Waals surface area contributed by atoms with Crippen LogP contribution in [0.4, 0.5) is 11.5 Å². The van der Waals surface area contributed by atoms with Crippen molar-refractivity contribution in [1.82, 2.24) is 4.98 Å². The van der Waals surface area contributed by atoms with E-state index >= 15 is 0 Å². The third-order valence-corrected chi connectivity index (χ3v) is 1.38. The molecule has 0 saturated heterocycles. The van der Waals surface area contributed by atoms with Crippen molar-refractivity contribution in [1.29, 1.82) is 0 Å². The fourth-order valence-corrected chi connectivity index (χ4v) is 0.789. The van der Waals surface area contributed by atoms with Crippen molar-refractivity contribution >= 4 is 17.5 Å². The quantitative estimate of drug-likeness (QED) is 0.593. The van der Waals surface area contributed by atoms with Gasteiger partial charge < -0.3 is 16.2 Å². The van der Waals surface area contributed by atoms with Crippen LogP contribution in [0.15, 0.2) is 12.1 Å². The zero-order valence-electron chi connectivity index (χ0n) is 6.53. The number of carbonyl (C=O) groups is 1. The minimum absolute atomic E-state index is 0.0199. The Labute approximate surface area is 69.2 Å². The number of nitrogen functional groups attached to an aromatic ring is 1. The topological polar surface area (TPSA) is 88.2 Å². The molecule has 0 atom stereocenters. The smallest absolute Gasteiger partial charge is 0.354 e. The van der Waals surface area contributed by atoms with E-state index in [1.54, 1.807) is 7.05 Å². The van der Waals surface area contributed by atoms with E-state index in [0.29, 0.717) is 11.5 Å². The van der Waals surface area contributed by atoms with Crippen LogP contribution in [0.25, 0.3) is 0 Å². The summed E-state index contributed by atoms with van der Waals surface area (Å²) in [5.74, 6) is -0.679. The van der Waals surface area contributed by atoms with E-state index in [0.717, 1.165) is 0 Å². The number of aromatic nitrogens is 1. The van der Waals surface area contributed by atoms with Crippen molar-refractivity contribution in [2.45, 2.75) is 0 Å². The molecule has 0 radical (unpaired) electrons. The highest BCUT2D eigenvalue weighted by Crippen LogP contribution is 2.14. The van der Waals surface area contributed by atoms with E-state index in [1.165, 1.54) is 12.1 Å². The molecular formula is C7H9N3O2. The highest BCUT2D eigenvalue weighted by atomic mass is 16.4. The van der Waals surface area contributed by atoms with Gasteiger partial charge in [-0.3, -0.25) is 0 Å². The standard InChI is InChI=1S/C7H9N3O2/c1-9-6-4(8)2-3-5(10-6)7(11)12/h2-3H,8H2,1H3,(H,9,10)(H,11,12). The first-order valence-electron chi connectivity index (χ1n) is 3.32. The van der Waals surface area contributed by atoms with Gasteiger partial charge in [0.1, 0.15) is 5.82 Å². The first-order chi connectivity index (χ1) is 5.65. The van der Waals surface area contributed by atoms with Crippen LogP contribution in [0.1, 0.15) is 10.5 Å². The summed E-state index contributed by atoms with van der Waals surface area (Å²) in [6.45, 7) is 0. The lowest BCUT2D eigenvalue weighted by Crippen LogP contribution is -2.05. The number of aromatic carboxylic acids is 1. The van der Waals surface area contributed by atoms with Crippen molar-refractivity contribution in [3.05, 3.63) is 17.8 Å². The zero-order chi connectivity index (χ0) is 9.14. The van der Waals surface area contributed by atoms with Crippen LogP contribution in [0, 0.1) is 0 Å². The maximum Gasteiger partial charge on any atom is 0.354 e. The normalized spacial score (nSPS) is 9.42. The fraction of sp³-hybridized carbons (Fsp3) is 0.143. The SMILES string of the molecule is CNc1nc(C(=O)O)ccc1N. The minimum atomic E-state index is -1.06. The van der Waals surface area contributed by atoms with E-state index in [-0.39, 0.29) is 5.69 Å². The van der Waals surface area contributed by atoms with Gasteiger partial charge in [-0.05, 0) is 12.1 Å². The molecule has 1 heterocycles. The van der Waals surface area contributed by atoms with Crippen LogP contribution in [0.2, 0.25) is 0 Å². The number of nitrogens with zero attached hydrogens (tertiary/aromatic N) is 1. The lowest BCUT2D eigenvalue weighted by atomic mass is 10.3. The number of anilines is 2. The average molecular weight is 167 g/mol. The number of hydrogen-bond donors (Lipinski definition) is 3.